The number of rotatable bonds is 3. The molecule has 0 bridgehead atoms. The Morgan fingerprint density at radius 1 is 1.43 bits per heavy atom. The fraction of sp³-hybridized carbons (Fsp3) is 0.588. The molecule has 4 nitrogen and oxygen atoms in total. The van der Waals surface area contributed by atoms with Crippen LogP contribution in [0.1, 0.15) is 30.9 Å². The van der Waals surface area contributed by atoms with Gasteiger partial charge in [-0.15, -0.1) is 0 Å². The number of methoxy groups -OCH3 is 1. The van der Waals surface area contributed by atoms with E-state index < -0.39 is 0 Å². The highest BCUT2D eigenvalue weighted by Crippen LogP contribution is 2.47. The van der Waals surface area contributed by atoms with E-state index in [0.29, 0.717) is 11.8 Å². The third kappa shape index (κ3) is 2.42. The third-order valence-electron chi connectivity index (χ3n) is 5.38. The highest BCUT2D eigenvalue weighted by molar-refractivity contribution is 5.71. The maximum Gasteiger partial charge on any atom is 0.343 e. The molecule has 0 aromatic heterocycles. The minimum absolute atomic E-state index is 0.0399. The van der Waals surface area contributed by atoms with Crippen molar-refractivity contribution in [2.45, 2.75) is 38.1 Å². The van der Waals surface area contributed by atoms with Crippen molar-refractivity contribution in [3.63, 3.8) is 0 Å². The van der Waals surface area contributed by atoms with Crippen LogP contribution in [0.4, 0.5) is 0 Å². The molecule has 2 aliphatic rings. The van der Waals surface area contributed by atoms with Crippen LogP contribution in [0.2, 0.25) is 0 Å². The average molecular weight is 289 g/mol. The highest BCUT2D eigenvalue weighted by atomic mass is 16.6. The third-order valence-corrected chi connectivity index (χ3v) is 5.38. The number of hydrogen-bond donors (Lipinski definition) is 1. The van der Waals surface area contributed by atoms with Crippen LogP contribution in [0, 0.1) is 11.8 Å². The molecule has 0 radical (unpaired) electrons. The van der Waals surface area contributed by atoms with Crippen LogP contribution in [-0.2, 0) is 22.4 Å². The average Bonchev–Trinajstić information content (AvgIpc) is 2.77. The summed E-state index contributed by atoms with van der Waals surface area (Å²) in [6.45, 7) is 2.23. The molecule has 1 aromatic carbocycles. The number of nitrogens with two attached hydrogens (primary N) is 1. The molecular formula is C17H23NO3. The summed E-state index contributed by atoms with van der Waals surface area (Å²) >= 11 is 0. The molecule has 114 valence electrons. The molecule has 1 fully saturated rings. The standard InChI is InChI=1S/C17H23NO3/c1-11-6-7-13-8-14-12(9-17(11,13)18)4-3-5-15(14)21-10-16(19)20-2/h3-5,11,13H,6-10,18H2,1-2H3. The second-order valence-corrected chi connectivity index (χ2v) is 6.43. The van der Waals surface area contributed by atoms with Gasteiger partial charge < -0.3 is 15.2 Å². The van der Waals surface area contributed by atoms with Crippen LogP contribution in [0.15, 0.2) is 18.2 Å². The van der Waals surface area contributed by atoms with Gasteiger partial charge in [0.2, 0.25) is 0 Å². The topological polar surface area (TPSA) is 61.5 Å². The zero-order valence-corrected chi connectivity index (χ0v) is 12.7. The zero-order chi connectivity index (χ0) is 15.0. The van der Waals surface area contributed by atoms with Gasteiger partial charge in [-0.05, 0) is 54.7 Å². The molecule has 0 spiro atoms. The lowest BCUT2D eigenvalue weighted by atomic mass is 9.69. The number of fused-ring (bicyclic) bond motifs is 2. The van der Waals surface area contributed by atoms with Crippen molar-refractivity contribution in [2.75, 3.05) is 13.7 Å². The Morgan fingerprint density at radius 2 is 2.24 bits per heavy atom. The van der Waals surface area contributed by atoms with Gasteiger partial charge in [0.25, 0.3) is 0 Å². The lowest BCUT2D eigenvalue weighted by Crippen LogP contribution is -2.53. The first-order valence-corrected chi connectivity index (χ1v) is 7.64. The van der Waals surface area contributed by atoms with Crippen LogP contribution in [0.25, 0.3) is 0 Å². The van der Waals surface area contributed by atoms with E-state index in [2.05, 4.69) is 17.7 Å². The number of benzene rings is 1. The van der Waals surface area contributed by atoms with Crippen molar-refractivity contribution in [1.82, 2.24) is 0 Å². The Kier molecular flexibility index (Phi) is 3.66. The van der Waals surface area contributed by atoms with Crippen LogP contribution >= 0.6 is 0 Å². The quantitative estimate of drug-likeness (QED) is 0.865. The summed E-state index contributed by atoms with van der Waals surface area (Å²) in [7, 11) is 1.37. The number of carbonyl (C=O) groups is 1. The number of esters is 1. The van der Waals surface area contributed by atoms with E-state index in [0.717, 1.165) is 18.6 Å². The van der Waals surface area contributed by atoms with Gasteiger partial charge in [0, 0.05) is 5.54 Å². The molecule has 0 saturated heterocycles. The van der Waals surface area contributed by atoms with Gasteiger partial charge in [-0.2, -0.15) is 0 Å². The summed E-state index contributed by atoms with van der Waals surface area (Å²) in [4.78, 5) is 11.3. The highest BCUT2D eigenvalue weighted by Gasteiger charge is 2.48. The Labute approximate surface area is 125 Å². The van der Waals surface area contributed by atoms with Crippen molar-refractivity contribution < 1.29 is 14.3 Å². The summed E-state index contributed by atoms with van der Waals surface area (Å²) in [5.41, 5.74) is 9.12. The van der Waals surface area contributed by atoms with Gasteiger partial charge in [-0.3, -0.25) is 0 Å². The first-order valence-electron chi connectivity index (χ1n) is 7.64. The van der Waals surface area contributed by atoms with E-state index in [1.807, 2.05) is 12.1 Å². The normalized spacial score (nSPS) is 30.4. The minimum atomic E-state index is -0.355. The monoisotopic (exact) mass is 289 g/mol. The predicted molar refractivity (Wildman–Crippen MR) is 80.2 cm³/mol. The van der Waals surface area contributed by atoms with Crippen LogP contribution in [-0.4, -0.2) is 25.2 Å². The first kappa shape index (κ1) is 14.4. The van der Waals surface area contributed by atoms with Crippen molar-refractivity contribution in [1.29, 1.82) is 0 Å². The molecule has 2 N–H and O–H groups in total. The van der Waals surface area contributed by atoms with E-state index in [1.165, 1.54) is 31.1 Å². The summed E-state index contributed by atoms with van der Waals surface area (Å²) in [5, 5.41) is 0. The van der Waals surface area contributed by atoms with E-state index in [9.17, 15) is 4.79 Å². The number of ether oxygens (including phenoxy) is 2. The Morgan fingerprint density at radius 3 is 3.00 bits per heavy atom. The molecular weight excluding hydrogens is 266 g/mol. The van der Waals surface area contributed by atoms with E-state index >= 15 is 0 Å². The Balaban J connectivity index is 1.85. The van der Waals surface area contributed by atoms with Gasteiger partial charge in [-0.1, -0.05) is 19.1 Å². The van der Waals surface area contributed by atoms with Gasteiger partial charge >= 0.3 is 5.97 Å². The number of carbonyl (C=O) groups excluding carboxylic acids is 1. The summed E-state index contributed by atoms with van der Waals surface area (Å²) in [6.07, 6.45) is 4.24. The SMILES string of the molecule is COC(=O)COc1cccc2c1CC1CCC(C)C1(N)C2. The van der Waals surface area contributed by atoms with Gasteiger partial charge in [0.1, 0.15) is 5.75 Å². The van der Waals surface area contributed by atoms with E-state index in [4.69, 9.17) is 10.5 Å². The van der Waals surface area contributed by atoms with Gasteiger partial charge in [-0.25, -0.2) is 4.79 Å². The smallest absolute Gasteiger partial charge is 0.343 e. The predicted octanol–water partition coefficient (Wildman–Crippen LogP) is 2.08. The van der Waals surface area contributed by atoms with Crippen LogP contribution in [0.3, 0.4) is 0 Å². The summed E-state index contributed by atoms with van der Waals surface area (Å²) < 4.78 is 10.3. The Hall–Kier alpha value is -1.55. The molecule has 0 aliphatic heterocycles. The second-order valence-electron chi connectivity index (χ2n) is 6.43. The lowest BCUT2D eigenvalue weighted by molar-refractivity contribution is -0.142. The minimum Gasteiger partial charge on any atom is -0.482 e. The van der Waals surface area contributed by atoms with Crippen LogP contribution < -0.4 is 10.5 Å². The molecule has 21 heavy (non-hydrogen) atoms. The lowest BCUT2D eigenvalue weighted by Gasteiger charge is -2.40. The summed E-state index contributed by atoms with van der Waals surface area (Å²) in [6, 6.07) is 6.05. The van der Waals surface area contributed by atoms with E-state index in [-0.39, 0.29) is 18.1 Å². The molecule has 0 amide bonds. The maximum absolute atomic E-state index is 11.3. The molecule has 1 saturated carbocycles. The molecule has 1 aromatic rings. The van der Waals surface area contributed by atoms with Crippen molar-refractivity contribution in [3.05, 3.63) is 29.3 Å². The van der Waals surface area contributed by atoms with Gasteiger partial charge in [0.15, 0.2) is 6.61 Å². The fourth-order valence-electron chi connectivity index (χ4n) is 3.92. The first-order chi connectivity index (χ1) is 10.0. The van der Waals surface area contributed by atoms with E-state index in [1.54, 1.807) is 0 Å². The number of hydrogen-bond acceptors (Lipinski definition) is 4. The summed E-state index contributed by atoms with van der Waals surface area (Å²) in [5.74, 6) is 1.53. The molecule has 3 unspecified atom stereocenters. The zero-order valence-electron chi connectivity index (χ0n) is 12.7. The Bertz CT molecular complexity index is 557. The second kappa shape index (κ2) is 5.34. The maximum atomic E-state index is 11.3. The van der Waals surface area contributed by atoms with Crippen LogP contribution in [0.5, 0.6) is 5.75 Å². The van der Waals surface area contributed by atoms with Gasteiger partial charge in [0.05, 0.1) is 7.11 Å². The molecule has 2 aliphatic carbocycles. The van der Waals surface area contributed by atoms with Crippen molar-refractivity contribution >= 4 is 5.97 Å². The van der Waals surface area contributed by atoms with Crippen molar-refractivity contribution in [3.8, 4) is 5.75 Å². The molecule has 0 heterocycles. The van der Waals surface area contributed by atoms with Crippen molar-refractivity contribution in [2.24, 2.45) is 17.6 Å². The fourth-order valence-corrected chi connectivity index (χ4v) is 3.92. The largest absolute Gasteiger partial charge is 0.482 e. The molecule has 3 atom stereocenters. The molecule has 4 heteroatoms. The molecule has 3 rings (SSSR count).